The molecular weight excluding hydrogens is 268 g/mol. The van der Waals surface area contributed by atoms with Gasteiger partial charge in [0, 0.05) is 19.3 Å². The Morgan fingerprint density at radius 3 is 2.68 bits per heavy atom. The van der Waals surface area contributed by atoms with E-state index in [9.17, 15) is 9.90 Å². The van der Waals surface area contributed by atoms with Crippen LogP contribution in [0.2, 0.25) is 5.02 Å². The molecular formula is C13H19ClN2O3. The van der Waals surface area contributed by atoms with E-state index in [1.165, 1.54) is 6.07 Å². The van der Waals surface area contributed by atoms with Crippen molar-refractivity contribution < 1.29 is 14.6 Å². The molecule has 5 nitrogen and oxygen atoms in total. The minimum absolute atomic E-state index is 0.0945. The molecule has 3 N–H and O–H groups in total. The molecule has 0 atom stereocenters. The van der Waals surface area contributed by atoms with E-state index in [4.69, 9.17) is 22.1 Å². The van der Waals surface area contributed by atoms with Crippen molar-refractivity contribution >= 4 is 28.9 Å². The Morgan fingerprint density at radius 2 is 2.16 bits per heavy atom. The topological polar surface area (TPSA) is 75.8 Å². The van der Waals surface area contributed by atoms with Gasteiger partial charge in [-0.1, -0.05) is 11.6 Å². The molecule has 0 amide bonds. The van der Waals surface area contributed by atoms with E-state index >= 15 is 0 Å². The summed E-state index contributed by atoms with van der Waals surface area (Å²) in [5, 5.41) is 9.53. The van der Waals surface area contributed by atoms with Gasteiger partial charge >= 0.3 is 5.97 Å². The van der Waals surface area contributed by atoms with E-state index in [0.717, 1.165) is 0 Å². The van der Waals surface area contributed by atoms with Crippen LogP contribution in [0.15, 0.2) is 12.1 Å². The molecule has 6 heteroatoms. The van der Waals surface area contributed by atoms with Crippen LogP contribution in [0, 0.1) is 0 Å². The number of nitrogens with zero attached hydrogens (tertiary/aromatic N) is 1. The zero-order valence-corrected chi connectivity index (χ0v) is 12.1. The number of hydrogen-bond acceptors (Lipinski definition) is 4. The van der Waals surface area contributed by atoms with Gasteiger partial charge in [0.05, 0.1) is 29.0 Å². The average Bonchev–Trinajstić information content (AvgIpc) is 2.26. The standard InChI is InChI=1S/C13H19ClN2O3/c1-8(2)19-5-4-16(3)12-10(13(17)18)6-9(15)7-11(12)14/h6-8H,4-5,15H2,1-3H3,(H,17,18). The number of likely N-dealkylation sites (N-methyl/N-ethyl adjacent to an activating group) is 1. The second-order valence-corrected chi connectivity index (χ2v) is 4.95. The normalized spacial score (nSPS) is 10.8. The summed E-state index contributed by atoms with van der Waals surface area (Å²) in [6, 6.07) is 2.95. The summed E-state index contributed by atoms with van der Waals surface area (Å²) in [5.74, 6) is -1.05. The van der Waals surface area contributed by atoms with Crippen LogP contribution in [-0.2, 0) is 4.74 Å². The van der Waals surface area contributed by atoms with Crippen LogP contribution in [0.25, 0.3) is 0 Å². The van der Waals surface area contributed by atoms with Crippen molar-refractivity contribution in [1.29, 1.82) is 0 Å². The smallest absolute Gasteiger partial charge is 0.337 e. The Morgan fingerprint density at radius 1 is 1.53 bits per heavy atom. The molecule has 0 saturated heterocycles. The van der Waals surface area contributed by atoms with Gasteiger partial charge in [-0.05, 0) is 26.0 Å². The van der Waals surface area contributed by atoms with Gasteiger partial charge in [-0.2, -0.15) is 0 Å². The molecule has 0 heterocycles. The zero-order chi connectivity index (χ0) is 14.6. The molecule has 19 heavy (non-hydrogen) atoms. The van der Waals surface area contributed by atoms with E-state index in [1.54, 1.807) is 18.0 Å². The molecule has 0 aliphatic heterocycles. The van der Waals surface area contributed by atoms with Gasteiger partial charge in [-0.25, -0.2) is 4.79 Å². The average molecular weight is 287 g/mol. The van der Waals surface area contributed by atoms with Crippen LogP contribution >= 0.6 is 11.6 Å². The van der Waals surface area contributed by atoms with Crippen molar-refractivity contribution in [1.82, 2.24) is 0 Å². The van der Waals surface area contributed by atoms with Crippen molar-refractivity contribution in [2.24, 2.45) is 0 Å². The van der Waals surface area contributed by atoms with Gasteiger partial charge in [-0.3, -0.25) is 0 Å². The molecule has 106 valence electrons. The Labute approximate surface area is 117 Å². The maximum atomic E-state index is 11.2. The molecule has 0 fully saturated rings. The summed E-state index contributed by atoms with van der Waals surface area (Å²) in [6.07, 6.45) is 0.134. The number of nitrogens with two attached hydrogens (primary N) is 1. The number of benzene rings is 1. The van der Waals surface area contributed by atoms with Crippen molar-refractivity contribution in [3.05, 3.63) is 22.7 Å². The highest BCUT2D eigenvalue weighted by molar-refractivity contribution is 6.34. The van der Waals surface area contributed by atoms with Crippen LogP contribution in [0.1, 0.15) is 24.2 Å². The van der Waals surface area contributed by atoms with Crippen LogP contribution in [0.4, 0.5) is 11.4 Å². The summed E-state index contributed by atoms with van der Waals surface area (Å²) in [5.41, 5.74) is 6.50. The Kier molecular flexibility index (Phi) is 5.44. The van der Waals surface area contributed by atoms with E-state index in [0.29, 0.717) is 29.5 Å². The fraction of sp³-hybridized carbons (Fsp3) is 0.462. The highest BCUT2D eigenvalue weighted by atomic mass is 35.5. The number of carboxylic acids is 1. The first-order valence-corrected chi connectivity index (χ1v) is 6.35. The van der Waals surface area contributed by atoms with Crippen molar-refractivity contribution in [2.75, 3.05) is 30.8 Å². The Balaban J connectivity index is 2.95. The molecule has 0 unspecified atom stereocenters. The van der Waals surface area contributed by atoms with Gasteiger partial charge in [0.15, 0.2) is 0 Å². The summed E-state index contributed by atoms with van der Waals surface area (Å²) in [4.78, 5) is 13.0. The van der Waals surface area contributed by atoms with Crippen molar-refractivity contribution in [3.8, 4) is 0 Å². The molecule has 0 aliphatic rings. The minimum Gasteiger partial charge on any atom is -0.478 e. The Hall–Kier alpha value is -1.46. The van der Waals surface area contributed by atoms with Crippen LogP contribution < -0.4 is 10.6 Å². The van der Waals surface area contributed by atoms with Gasteiger partial charge < -0.3 is 20.5 Å². The number of nitrogen functional groups attached to an aromatic ring is 1. The number of aromatic carboxylic acids is 1. The lowest BCUT2D eigenvalue weighted by atomic mass is 10.1. The maximum absolute atomic E-state index is 11.2. The number of carbonyl (C=O) groups is 1. The first-order valence-electron chi connectivity index (χ1n) is 5.98. The highest BCUT2D eigenvalue weighted by Gasteiger charge is 2.18. The zero-order valence-electron chi connectivity index (χ0n) is 11.3. The number of hydrogen-bond donors (Lipinski definition) is 2. The lowest BCUT2D eigenvalue weighted by Gasteiger charge is -2.23. The van der Waals surface area contributed by atoms with Crippen LogP contribution in [-0.4, -0.2) is 37.4 Å². The largest absolute Gasteiger partial charge is 0.478 e. The number of halogens is 1. The molecule has 1 aromatic carbocycles. The number of carboxylic acid groups (broad SMARTS) is 1. The minimum atomic E-state index is -1.05. The van der Waals surface area contributed by atoms with E-state index in [1.807, 2.05) is 13.8 Å². The number of rotatable bonds is 6. The van der Waals surface area contributed by atoms with Gasteiger partial charge in [0.1, 0.15) is 0 Å². The molecule has 1 aromatic rings. The van der Waals surface area contributed by atoms with Crippen molar-refractivity contribution in [2.45, 2.75) is 20.0 Å². The lowest BCUT2D eigenvalue weighted by Crippen LogP contribution is -2.26. The second-order valence-electron chi connectivity index (χ2n) is 4.55. The third kappa shape index (κ3) is 4.29. The first-order chi connectivity index (χ1) is 8.82. The van der Waals surface area contributed by atoms with Crippen LogP contribution in [0.5, 0.6) is 0 Å². The van der Waals surface area contributed by atoms with E-state index in [2.05, 4.69) is 0 Å². The van der Waals surface area contributed by atoms with Gasteiger partial charge in [0.2, 0.25) is 0 Å². The predicted octanol–water partition coefficient (Wildman–Crippen LogP) is 2.48. The fourth-order valence-electron chi connectivity index (χ4n) is 1.71. The van der Waals surface area contributed by atoms with E-state index in [-0.39, 0.29) is 11.7 Å². The molecule has 0 spiro atoms. The summed E-state index contributed by atoms with van der Waals surface area (Å²) in [6.45, 7) is 4.92. The quantitative estimate of drug-likeness (QED) is 0.786. The molecule has 0 aliphatic carbocycles. The molecule has 0 saturated carbocycles. The summed E-state index contributed by atoms with van der Waals surface area (Å²) in [7, 11) is 1.77. The number of ether oxygens (including phenoxy) is 1. The lowest BCUT2D eigenvalue weighted by molar-refractivity contribution is 0.0696. The van der Waals surface area contributed by atoms with Gasteiger partial charge in [-0.15, -0.1) is 0 Å². The van der Waals surface area contributed by atoms with Crippen LogP contribution in [0.3, 0.4) is 0 Å². The predicted molar refractivity (Wildman–Crippen MR) is 77.2 cm³/mol. The molecule has 0 bridgehead atoms. The monoisotopic (exact) mass is 286 g/mol. The first kappa shape index (κ1) is 15.6. The Bertz CT molecular complexity index is 463. The third-order valence-electron chi connectivity index (χ3n) is 2.58. The fourth-order valence-corrected chi connectivity index (χ4v) is 2.08. The molecule has 1 rings (SSSR count). The summed E-state index contributed by atoms with van der Waals surface area (Å²) < 4.78 is 5.44. The van der Waals surface area contributed by atoms with Gasteiger partial charge in [0.25, 0.3) is 0 Å². The SMILES string of the molecule is CC(C)OCCN(C)c1c(Cl)cc(N)cc1C(=O)O. The number of anilines is 2. The molecule has 0 radical (unpaired) electrons. The molecule has 0 aromatic heterocycles. The second kappa shape index (κ2) is 6.63. The highest BCUT2D eigenvalue weighted by Crippen LogP contribution is 2.31. The van der Waals surface area contributed by atoms with Crippen molar-refractivity contribution in [3.63, 3.8) is 0 Å². The summed E-state index contributed by atoms with van der Waals surface area (Å²) >= 11 is 6.09. The van der Waals surface area contributed by atoms with E-state index < -0.39 is 5.97 Å². The maximum Gasteiger partial charge on any atom is 0.337 e. The third-order valence-corrected chi connectivity index (χ3v) is 2.86.